The van der Waals surface area contributed by atoms with Gasteiger partial charge >= 0.3 is 0 Å². The van der Waals surface area contributed by atoms with Crippen LogP contribution in [0.4, 0.5) is 8.78 Å². The van der Waals surface area contributed by atoms with Crippen LogP contribution in [0.15, 0.2) is 12.3 Å². The maximum absolute atomic E-state index is 12.0. The quantitative estimate of drug-likeness (QED) is 0.732. The van der Waals surface area contributed by atoms with Crippen molar-refractivity contribution in [2.75, 3.05) is 0 Å². The van der Waals surface area contributed by atoms with Crippen molar-refractivity contribution in [3.63, 3.8) is 0 Å². The van der Waals surface area contributed by atoms with E-state index in [1.165, 1.54) is 0 Å². The first-order valence-corrected chi connectivity index (χ1v) is 3.70. The molecule has 12 heavy (non-hydrogen) atoms. The van der Waals surface area contributed by atoms with Gasteiger partial charge in [0, 0.05) is 5.56 Å². The molecule has 0 spiro atoms. The Bertz CT molecular complexity index is 280. The predicted molar refractivity (Wildman–Crippen MR) is 40.4 cm³/mol. The van der Waals surface area contributed by atoms with Gasteiger partial charge in [-0.1, -0.05) is 0 Å². The van der Waals surface area contributed by atoms with E-state index in [-0.39, 0.29) is 22.9 Å². The van der Waals surface area contributed by atoms with Gasteiger partial charge in [0.25, 0.3) is 6.43 Å². The van der Waals surface area contributed by atoms with Gasteiger partial charge in [-0.25, -0.2) is 8.78 Å². The van der Waals surface area contributed by atoms with Gasteiger partial charge in [0.05, 0.1) is 12.1 Å². The van der Waals surface area contributed by atoms with Gasteiger partial charge in [-0.2, -0.15) is 0 Å². The third-order valence-electron chi connectivity index (χ3n) is 1.35. The molecule has 0 saturated carbocycles. The molecule has 5 heteroatoms. The van der Waals surface area contributed by atoms with Crippen LogP contribution in [0.25, 0.3) is 0 Å². The molecule has 0 aliphatic heterocycles. The Labute approximate surface area is 72.8 Å². The van der Waals surface area contributed by atoms with E-state index in [1.54, 1.807) is 0 Å². The predicted octanol–water partition coefficient (Wildman–Crippen LogP) is 2.46. The van der Waals surface area contributed by atoms with Gasteiger partial charge < -0.3 is 5.11 Å². The summed E-state index contributed by atoms with van der Waals surface area (Å²) in [6, 6.07) is 1.09. The number of rotatable bonds is 2. The smallest absolute Gasteiger partial charge is 0.280 e. The topological polar surface area (TPSA) is 33.1 Å². The lowest BCUT2D eigenvalue weighted by Crippen LogP contribution is -1.91. The normalized spacial score (nSPS) is 10.7. The van der Waals surface area contributed by atoms with E-state index in [0.717, 1.165) is 12.3 Å². The van der Waals surface area contributed by atoms with Crippen molar-refractivity contribution in [1.29, 1.82) is 0 Å². The maximum atomic E-state index is 12.0. The number of aromatic hydroxyl groups is 1. The van der Waals surface area contributed by atoms with Crippen LogP contribution in [0.2, 0.25) is 0 Å². The van der Waals surface area contributed by atoms with E-state index < -0.39 is 6.43 Å². The highest BCUT2D eigenvalue weighted by atomic mass is 35.5. The lowest BCUT2D eigenvalue weighted by Gasteiger charge is -2.02. The molecule has 1 aromatic heterocycles. The minimum Gasteiger partial charge on any atom is -0.506 e. The average molecular weight is 194 g/mol. The molecular weight excluding hydrogens is 188 g/mol. The summed E-state index contributed by atoms with van der Waals surface area (Å²) >= 11 is 5.38. The molecule has 0 bridgehead atoms. The fraction of sp³-hybridized carbons (Fsp3) is 0.286. The van der Waals surface area contributed by atoms with Crippen molar-refractivity contribution in [3.8, 4) is 5.75 Å². The summed E-state index contributed by atoms with van der Waals surface area (Å²) in [7, 11) is 0. The lowest BCUT2D eigenvalue weighted by molar-refractivity contribution is 0.146. The number of aromatic nitrogens is 1. The fourth-order valence-electron chi connectivity index (χ4n) is 0.735. The van der Waals surface area contributed by atoms with E-state index in [1.807, 2.05) is 0 Å². The zero-order chi connectivity index (χ0) is 9.14. The molecule has 0 fully saturated rings. The summed E-state index contributed by atoms with van der Waals surface area (Å²) in [5, 5.41) is 9.02. The molecule has 0 aliphatic carbocycles. The first-order chi connectivity index (χ1) is 5.65. The van der Waals surface area contributed by atoms with E-state index in [2.05, 4.69) is 4.98 Å². The molecule has 1 rings (SSSR count). The van der Waals surface area contributed by atoms with Crippen molar-refractivity contribution in [2.24, 2.45) is 0 Å². The van der Waals surface area contributed by atoms with Crippen LogP contribution in [-0.2, 0) is 5.88 Å². The summed E-state index contributed by atoms with van der Waals surface area (Å²) in [6.07, 6.45) is -1.66. The Morgan fingerprint density at radius 2 is 2.25 bits per heavy atom. The van der Waals surface area contributed by atoms with Crippen LogP contribution in [-0.4, -0.2) is 10.1 Å². The molecule has 0 saturated heterocycles. The van der Waals surface area contributed by atoms with E-state index in [9.17, 15) is 8.78 Å². The summed E-state index contributed by atoms with van der Waals surface area (Å²) < 4.78 is 24.1. The van der Waals surface area contributed by atoms with Gasteiger partial charge in [-0.05, 0) is 6.07 Å². The SMILES string of the molecule is Oc1cnc(C(F)F)cc1CCl. The van der Waals surface area contributed by atoms with Gasteiger partial charge in [0.1, 0.15) is 11.4 Å². The summed E-state index contributed by atoms with van der Waals surface area (Å²) in [6.45, 7) is 0. The Morgan fingerprint density at radius 1 is 1.58 bits per heavy atom. The molecule has 1 aromatic rings. The van der Waals surface area contributed by atoms with Crippen molar-refractivity contribution < 1.29 is 13.9 Å². The Morgan fingerprint density at radius 3 is 2.75 bits per heavy atom. The molecule has 0 unspecified atom stereocenters. The molecular formula is C7H6ClF2NO. The zero-order valence-electron chi connectivity index (χ0n) is 5.97. The first kappa shape index (κ1) is 9.19. The second-order valence-electron chi connectivity index (χ2n) is 2.17. The number of hydrogen-bond donors (Lipinski definition) is 1. The van der Waals surface area contributed by atoms with Crippen LogP contribution in [0.1, 0.15) is 17.7 Å². The highest BCUT2D eigenvalue weighted by Gasteiger charge is 2.10. The number of hydrogen-bond acceptors (Lipinski definition) is 2. The average Bonchev–Trinajstić information content (AvgIpc) is 2.05. The molecule has 66 valence electrons. The van der Waals surface area contributed by atoms with Gasteiger partial charge in [-0.3, -0.25) is 4.98 Å². The number of alkyl halides is 3. The van der Waals surface area contributed by atoms with E-state index in [0.29, 0.717) is 0 Å². The van der Waals surface area contributed by atoms with Crippen LogP contribution >= 0.6 is 11.6 Å². The minimum atomic E-state index is -2.63. The molecule has 0 amide bonds. The maximum Gasteiger partial charge on any atom is 0.280 e. The van der Waals surface area contributed by atoms with Crippen molar-refractivity contribution in [3.05, 3.63) is 23.5 Å². The van der Waals surface area contributed by atoms with Crippen molar-refractivity contribution in [2.45, 2.75) is 12.3 Å². The number of halogens is 3. The van der Waals surface area contributed by atoms with E-state index in [4.69, 9.17) is 16.7 Å². The molecule has 0 radical (unpaired) electrons. The standard InChI is InChI=1S/C7H6ClF2NO/c8-2-4-1-5(7(9)10)11-3-6(4)12/h1,3,7,12H,2H2. The highest BCUT2D eigenvalue weighted by Crippen LogP contribution is 2.23. The molecule has 1 heterocycles. The minimum absolute atomic E-state index is 0.00588. The third-order valence-corrected chi connectivity index (χ3v) is 1.64. The number of pyridine rings is 1. The highest BCUT2D eigenvalue weighted by molar-refractivity contribution is 6.17. The van der Waals surface area contributed by atoms with Gasteiger partial charge in [0.2, 0.25) is 0 Å². The van der Waals surface area contributed by atoms with Crippen LogP contribution in [0, 0.1) is 0 Å². The lowest BCUT2D eigenvalue weighted by atomic mass is 10.2. The second kappa shape index (κ2) is 3.67. The van der Waals surface area contributed by atoms with E-state index >= 15 is 0 Å². The van der Waals surface area contributed by atoms with Gasteiger partial charge in [0.15, 0.2) is 0 Å². The molecule has 0 atom stereocenters. The Hall–Kier alpha value is -0.900. The monoisotopic (exact) mass is 193 g/mol. The summed E-state index contributed by atoms with van der Waals surface area (Å²) in [4.78, 5) is 3.33. The van der Waals surface area contributed by atoms with Crippen LogP contribution < -0.4 is 0 Å². The first-order valence-electron chi connectivity index (χ1n) is 3.17. The summed E-state index contributed by atoms with van der Waals surface area (Å²) in [5.74, 6) is -0.164. The molecule has 0 aliphatic rings. The molecule has 0 aromatic carbocycles. The summed E-state index contributed by atoms with van der Waals surface area (Å²) in [5.41, 5.74) is -0.106. The number of nitrogens with zero attached hydrogens (tertiary/aromatic N) is 1. The fourth-order valence-corrected chi connectivity index (χ4v) is 0.949. The third kappa shape index (κ3) is 1.82. The zero-order valence-corrected chi connectivity index (χ0v) is 6.72. The Balaban J connectivity index is 3.05. The molecule has 1 N–H and O–H groups in total. The largest absolute Gasteiger partial charge is 0.506 e. The second-order valence-corrected chi connectivity index (χ2v) is 2.44. The van der Waals surface area contributed by atoms with Gasteiger partial charge in [-0.15, -0.1) is 11.6 Å². The molecule has 2 nitrogen and oxygen atoms in total. The van der Waals surface area contributed by atoms with Crippen molar-refractivity contribution >= 4 is 11.6 Å². The van der Waals surface area contributed by atoms with Crippen LogP contribution in [0.5, 0.6) is 5.75 Å². The van der Waals surface area contributed by atoms with Crippen molar-refractivity contribution in [1.82, 2.24) is 4.98 Å². The Kier molecular flexibility index (Phi) is 2.81. The van der Waals surface area contributed by atoms with Crippen LogP contribution in [0.3, 0.4) is 0 Å².